The average Bonchev–Trinajstić information content (AvgIpc) is 2.46. The van der Waals surface area contributed by atoms with E-state index in [0.29, 0.717) is 0 Å². The Kier molecular flexibility index (Phi) is 3.29. The zero-order valence-electron chi connectivity index (χ0n) is 8.27. The highest BCUT2D eigenvalue weighted by Gasteiger charge is 2.50. The molecule has 1 heterocycles. The standard InChI is InChI=1S/C7H10F3N3O2S/c1-2-13-4-12-3-5(13)6(7(8,9)10)16(11,14)15/h3-4,6H,2H2,1H3,(H2,11,14,15). The molecule has 16 heavy (non-hydrogen) atoms. The van der Waals surface area contributed by atoms with Crippen LogP contribution >= 0.6 is 0 Å². The van der Waals surface area contributed by atoms with E-state index in [2.05, 4.69) is 10.1 Å². The van der Waals surface area contributed by atoms with Gasteiger partial charge in [-0.25, -0.2) is 18.5 Å². The predicted octanol–water partition coefficient (Wildman–Crippen LogP) is 0.795. The molecule has 0 aromatic carbocycles. The molecule has 0 aliphatic rings. The van der Waals surface area contributed by atoms with Crippen LogP contribution in [0, 0.1) is 0 Å². The summed E-state index contributed by atoms with van der Waals surface area (Å²) < 4.78 is 60.8. The van der Waals surface area contributed by atoms with Crippen LogP contribution in [0.25, 0.3) is 0 Å². The molecule has 0 fully saturated rings. The van der Waals surface area contributed by atoms with Gasteiger partial charge in [0.1, 0.15) is 0 Å². The number of halogens is 3. The van der Waals surface area contributed by atoms with Crippen molar-refractivity contribution < 1.29 is 21.6 Å². The van der Waals surface area contributed by atoms with E-state index in [4.69, 9.17) is 0 Å². The minimum Gasteiger partial charge on any atom is -0.333 e. The molecule has 5 nitrogen and oxygen atoms in total. The van der Waals surface area contributed by atoms with Crippen molar-refractivity contribution >= 4 is 10.0 Å². The molecule has 1 atom stereocenters. The molecule has 9 heteroatoms. The van der Waals surface area contributed by atoms with Gasteiger partial charge in [0, 0.05) is 12.7 Å². The molecule has 1 rings (SSSR count). The number of imidazole rings is 1. The molecule has 0 bridgehead atoms. The molecule has 0 saturated carbocycles. The van der Waals surface area contributed by atoms with E-state index in [1.54, 1.807) is 6.92 Å². The zero-order valence-corrected chi connectivity index (χ0v) is 9.09. The van der Waals surface area contributed by atoms with E-state index in [0.717, 1.165) is 17.1 Å². The Labute approximate surface area is 90.1 Å². The van der Waals surface area contributed by atoms with Gasteiger partial charge in [-0.2, -0.15) is 13.2 Å². The first-order valence-electron chi connectivity index (χ1n) is 4.26. The maximum Gasteiger partial charge on any atom is 0.412 e. The molecule has 0 radical (unpaired) electrons. The molecule has 92 valence electrons. The number of hydrogen-bond acceptors (Lipinski definition) is 3. The lowest BCUT2D eigenvalue weighted by Gasteiger charge is -2.19. The molecule has 1 unspecified atom stereocenters. The number of nitrogens with two attached hydrogens (primary N) is 1. The molecular formula is C7H10F3N3O2S. The molecule has 0 aliphatic heterocycles. The first-order valence-corrected chi connectivity index (χ1v) is 5.87. The van der Waals surface area contributed by atoms with Crippen molar-refractivity contribution in [2.45, 2.75) is 24.9 Å². The summed E-state index contributed by atoms with van der Waals surface area (Å²) in [5.41, 5.74) is -0.475. The number of sulfonamides is 1. The van der Waals surface area contributed by atoms with Crippen LogP contribution in [0.5, 0.6) is 0 Å². The molecule has 0 aliphatic carbocycles. The predicted molar refractivity (Wildman–Crippen MR) is 49.8 cm³/mol. The van der Waals surface area contributed by atoms with E-state index in [1.807, 2.05) is 0 Å². The second-order valence-corrected chi connectivity index (χ2v) is 4.76. The topological polar surface area (TPSA) is 78.0 Å². The third-order valence-corrected chi connectivity index (χ3v) is 3.15. The highest BCUT2D eigenvalue weighted by atomic mass is 32.2. The van der Waals surface area contributed by atoms with E-state index in [-0.39, 0.29) is 6.54 Å². The fourth-order valence-electron chi connectivity index (χ4n) is 1.34. The fourth-order valence-corrected chi connectivity index (χ4v) is 2.24. The van der Waals surface area contributed by atoms with Crippen molar-refractivity contribution in [2.24, 2.45) is 5.14 Å². The van der Waals surface area contributed by atoms with Crippen molar-refractivity contribution in [1.82, 2.24) is 9.55 Å². The first-order chi connectivity index (χ1) is 7.18. The van der Waals surface area contributed by atoms with Gasteiger partial charge in [0.25, 0.3) is 0 Å². The van der Waals surface area contributed by atoms with Gasteiger partial charge < -0.3 is 4.57 Å². The maximum atomic E-state index is 12.6. The summed E-state index contributed by atoms with van der Waals surface area (Å²) in [5.74, 6) is 0. The van der Waals surface area contributed by atoms with Gasteiger partial charge in [-0.05, 0) is 6.92 Å². The Hall–Kier alpha value is -1.09. The SMILES string of the molecule is CCn1cncc1C(C(F)(F)F)S(N)(=O)=O. The van der Waals surface area contributed by atoms with Crippen LogP contribution in [0.15, 0.2) is 12.5 Å². The lowest BCUT2D eigenvalue weighted by atomic mass is 10.3. The monoisotopic (exact) mass is 257 g/mol. The van der Waals surface area contributed by atoms with Crippen LogP contribution in [0.1, 0.15) is 17.9 Å². The summed E-state index contributed by atoms with van der Waals surface area (Å²) in [6.07, 6.45) is -2.98. The maximum absolute atomic E-state index is 12.6. The van der Waals surface area contributed by atoms with E-state index in [1.165, 1.54) is 0 Å². The number of aryl methyl sites for hydroxylation is 1. The van der Waals surface area contributed by atoms with Gasteiger partial charge in [0.05, 0.1) is 12.0 Å². The van der Waals surface area contributed by atoms with Crippen molar-refractivity contribution in [2.75, 3.05) is 0 Å². The van der Waals surface area contributed by atoms with Gasteiger partial charge in [-0.15, -0.1) is 0 Å². The van der Waals surface area contributed by atoms with Crippen molar-refractivity contribution in [1.29, 1.82) is 0 Å². The molecule has 1 aromatic rings. The van der Waals surface area contributed by atoms with Crippen LogP contribution in [-0.2, 0) is 16.6 Å². The lowest BCUT2D eigenvalue weighted by molar-refractivity contribution is -0.132. The van der Waals surface area contributed by atoms with E-state index < -0.39 is 27.1 Å². The van der Waals surface area contributed by atoms with Crippen LogP contribution in [-0.4, -0.2) is 24.1 Å². The Bertz CT molecular complexity index is 465. The Morgan fingerprint density at radius 3 is 2.50 bits per heavy atom. The van der Waals surface area contributed by atoms with Crippen molar-refractivity contribution in [3.63, 3.8) is 0 Å². The lowest BCUT2D eigenvalue weighted by Crippen LogP contribution is -2.34. The molecule has 2 N–H and O–H groups in total. The summed E-state index contributed by atoms with van der Waals surface area (Å²) in [5, 5.41) is 1.86. The number of primary sulfonamides is 1. The number of hydrogen-bond donors (Lipinski definition) is 1. The minimum atomic E-state index is -4.96. The molecular weight excluding hydrogens is 247 g/mol. The molecule has 1 aromatic heterocycles. The highest BCUT2D eigenvalue weighted by molar-refractivity contribution is 7.89. The fraction of sp³-hybridized carbons (Fsp3) is 0.571. The normalized spacial score (nSPS) is 15.1. The van der Waals surface area contributed by atoms with E-state index >= 15 is 0 Å². The minimum absolute atomic E-state index is 0.178. The average molecular weight is 257 g/mol. The summed E-state index contributed by atoms with van der Waals surface area (Å²) in [4.78, 5) is 3.48. The number of aromatic nitrogens is 2. The third-order valence-electron chi connectivity index (χ3n) is 1.98. The van der Waals surface area contributed by atoms with Gasteiger partial charge in [0.2, 0.25) is 15.3 Å². The van der Waals surface area contributed by atoms with Crippen LogP contribution < -0.4 is 5.14 Å². The largest absolute Gasteiger partial charge is 0.412 e. The Morgan fingerprint density at radius 2 is 2.12 bits per heavy atom. The summed E-state index contributed by atoms with van der Waals surface area (Å²) >= 11 is 0. The van der Waals surface area contributed by atoms with Crippen LogP contribution in [0.4, 0.5) is 13.2 Å². The van der Waals surface area contributed by atoms with E-state index in [9.17, 15) is 21.6 Å². The third kappa shape index (κ3) is 2.53. The van der Waals surface area contributed by atoms with Gasteiger partial charge in [-0.3, -0.25) is 0 Å². The molecule has 0 saturated heterocycles. The Morgan fingerprint density at radius 1 is 1.56 bits per heavy atom. The molecule has 0 amide bonds. The Balaban J connectivity index is 3.34. The summed E-state index contributed by atoms with van der Waals surface area (Å²) in [6.45, 7) is 1.75. The number of nitrogens with zero attached hydrogens (tertiary/aromatic N) is 2. The quantitative estimate of drug-likeness (QED) is 0.869. The van der Waals surface area contributed by atoms with Gasteiger partial charge >= 0.3 is 6.18 Å². The first kappa shape index (κ1) is 13.0. The summed E-state index contributed by atoms with van der Waals surface area (Å²) in [6, 6.07) is 0. The van der Waals surface area contributed by atoms with Crippen molar-refractivity contribution in [3.05, 3.63) is 18.2 Å². The highest BCUT2D eigenvalue weighted by Crippen LogP contribution is 2.37. The zero-order chi connectivity index (χ0) is 12.6. The van der Waals surface area contributed by atoms with Crippen LogP contribution in [0.2, 0.25) is 0 Å². The second kappa shape index (κ2) is 4.06. The van der Waals surface area contributed by atoms with Gasteiger partial charge in [-0.1, -0.05) is 0 Å². The van der Waals surface area contributed by atoms with Gasteiger partial charge in [0.15, 0.2) is 0 Å². The summed E-state index contributed by atoms with van der Waals surface area (Å²) in [7, 11) is -4.76. The number of rotatable bonds is 3. The second-order valence-electron chi connectivity index (χ2n) is 3.12. The van der Waals surface area contributed by atoms with Crippen LogP contribution in [0.3, 0.4) is 0 Å². The van der Waals surface area contributed by atoms with Crippen molar-refractivity contribution in [3.8, 4) is 0 Å². The molecule has 0 spiro atoms. The smallest absolute Gasteiger partial charge is 0.333 e. The number of alkyl halides is 3.